The van der Waals surface area contributed by atoms with Gasteiger partial charge in [0.2, 0.25) is 0 Å². The van der Waals surface area contributed by atoms with E-state index in [9.17, 15) is 5.26 Å². The van der Waals surface area contributed by atoms with Gasteiger partial charge in [0, 0.05) is 29.9 Å². The molecular weight excluding hydrogens is 707 g/mol. The first kappa shape index (κ1) is 36.0. The van der Waals surface area contributed by atoms with Gasteiger partial charge in [-0.15, -0.1) is 0 Å². The lowest BCUT2D eigenvalue weighted by molar-refractivity contribution is 0.265. The average molecular weight is 762 g/mol. The summed E-state index contributed by atoms with van der Waals surface area (Å²) in [4.78, 5) is 5.74. The average Bonchev–Trinajstić information content (AvgIpc) is 3.59. The molecule has 0 saturated carbocycles. The van der Waals surface area contributed by atoms with Crippen LogP contribution in [-0.4, -0.2) is 17.9 Å². The quantitative estimate of drug-likeness (QED) is 0.309. The van der Waals surface area contributed by atoms with Crippen molar-refractivity contribution in [3.05, 3.63) is 171 Å². The van der Waals surface area contributed by atoms with Crippen LogP contribution < -0.4 is 5.32 Å². The number of ether oxygens (including phenoxy) is 1. The third kappa shape index (κ3) is 5.78. The summed E-state index contributed by atoms with van der Waals surface area (Å²) in [5.74, 6) is 5.30. The summed E-state index contributed by atoms with van der Waals surface area (Å²) in [5, 5.41) is 14.4. The molecule has 0 aromatic heterocycles. The monoisotopic (exact) mass is 761 g/mol. The number of nitriles is 1. The molecule has 0 fully saturated rings. The van der Waals surface area contributed by atoms with Crippen molar-refractivity contribution in [2.45, 2.75) is 113 Å². The SMILES string of the molecule is N#Cc1ccc2c(c1)C1(C3=C(CCC=C3)OC3=C1CCC=C3)C1=C2C(C2C=CC(C3N=C(C4C=CCCC4)NC(C4C=CCCC4)C3c3ccccc3)=CC2)CCC1. The van der Waals surface area contributed by atoms with Crippen LogP contribution in [0.15, 0.2) is 154 Å². The van der Waals surface area contributed by atoms with Crippen LogP contribution in [0, 0.1) is 35.0 Å². The first-order valence-corrected chi connectivity index (χ1v) is 22.6. The Labute approximate surface area is 345 Å². The van der Waals surface area contributed by atoms with Crippen LogP contribution in [0.2, 0.25) is 0 Å². The van der Waals surface area contributed by atoms with Gasteiger partial charge in [-0.1, -0.05) is 97.2 Å². The normalized spacial score (nSPS) is 33.4. The number of hydrogen-bond acceptors (Lipinski definition) is 4. The third-order valence-corrected chi connectivity index (χ3v) is 15.2. The van der Waals surface area contributed by atoms with E-state index in [2.05, 4.69) is 127 Å². The van der Waals surface area contributed by atoms with Crippen molar-refractivity contribution in [1.29, 1.82) is 5.26 Å². The summed E-state index contributed by atoms with van der Waals surface area (Å²) in [5.41, 5.74) is 11.8. The highest BCUT2D eigenvalue weighted by atomic mass is 16.5. The molecule has 4 heteroatoms. The number of nitrogens with one attached hydrogen (secondary N) is 1. The van der Waals surface area contributed by atoms with Crippen molar-refractivity contribution in [3.63, 3.8) is 0 Å². The van der Waals surface area contributed by atoms with Gasteiger partial charge in [0.05, 0.1) is 23.1 Å². The highest BCUT2D eigenvalue weighted by Gasteiger charge is 2.56. The summed E-state index contributed by atoms with van der Waals surface area (Å²) in [6.45, 7) is 0. The second kappa shape index (κ2) is 14.9. The molecule has 9 aliphatic rings. The second-order valence-electron chi connectivity index (χ2n) is 18.2. The van der Waals surface area contributed by atoms with E-state index in [1.54, 1.807) is 11.1 Å². The molecule has 0 saturated heterocycles. The van der Waals surface area contributed by atoms with Crippen molar-refractivity contribution >= 4 is 11.4 Å². The van der Waals surface area contributed by atoms with Crippen LogP contribution >= 0.6 is 0 Å². The second-order valence-corrected chi connectivity index (χ2v) is 18.2. The van der Waals surface area contributed by atoms with Gasteiger partial charge in [-0.3, -0.25) is 4.99 Å². The Hall–Kier alpha value is -5.14. The maximum absolute atomic E-state index is 10.3. The highest BCUT2D eigenvalue weighted by molar-refractivity contribution is 5.89. The fourth-order valence-electron chi connectivity index (χ4n) is 12.6. The number of fused-ring (bicyclic) bond motifs is 6. The molecule has 8 atom stereocenters. The Balaban J connectivity index is 0.997. The van der Waals surface area contributed by atoms with Gasteiger partial charge in [0.1, 0.15) is 17.4 Å². The van der Waals surface area contributed by atoms with E-state index in [1.165, 1.54) is 90.6 Å². The molecule has 0 radical (unpaired) electrons. The van der Waals surface area contributed by atoms with E-state index >= 15 is 0 Å². The zero-order valence-electron chi connectivity index (χ0n) is 33.7. The molecule has 2 aromatic rings. The minimum absolute atomic E-state index is 0.0721. The number of rotatable bonds is 5. The van der Waals surface area contributed by atoms with Gasteiger partial charge in [-0.25, -0.2) is 0 Å². The van der Waals surface area contributed by atoms with Crippen molar-refractivity contribution in [2.24, 2.45) is 28.7 Å². The summed E-state index contributed by atoms with van der Waals surface area (Å²) < 4.78 is 6.77. The minimum Gasteiger partial charge on any atom is -0.461 e. The molecule has 0 amide bonds. The van der Waals surface area contributed by atoms with Crippen LogP contribution in [-0.2, 0) is 10.2 Å². The smallest absolute Gasteiger partial charge is 0.127 e. The van der Waals surface area contributed by atoms with Crippen molar-refractivity contribution in [2.75, 3.05) is 0 Å². The van der Waals surface area contributed by atoms with Gasteiger partial charge in [0.25, 0.3) is 0 Å². The largest absolute Gasteiger partial charge is 0.461 e. The predicted molar refractivity (Wildman–Crippen MR) is 235 cm³/mol. The van der Waals surface area contributed by atoms with E-state index in [4.69, 9.17) is 9.73 Å². The Morgan fingerprint density at radius 1 is 0.776 bits per heavy atom. The lowest BCUT2D eigenvalue weighted by Gasteiger charge is -2.46. The van der Waals surface area contributed by atoms with E-state index in [0.717, 1.165) is 55.6 Å². The third-order valence-electron chi connectivity index (χ3n) is 15.2. The summed E-state index contributed by atoms with van der Waals surface area (Å²) in [6, 6.07) is 20.8. The van der Waals surface area contributed by atoms with E-state index in [-0.39, 0.29) is 17.4 Å². The molecule has 0 bridgehead atoms. The van der Waals surface area contributed by atoms with E-state index in [1.807, 2.05) is 0 Å². The standard InChI is InChI=1S/C54H55N3O/c55-34-35-27-32-42-46(33-35)54(43-22-10-12-25-47(43)58-48-26-13-11-23-44(48)54)45-24-14-21-41(50(42)45)36-28-30-39(31-29-36)52-49(37-15-4-1-5-16-37)51(38-17-6-2-7-18-38)56-53(57-52)40-19-8-3-9-20-40/h1,4-6,8,10,13,15-17,19,22,26-28,30-33,36,38,40-41,49,51-52H,2-3,7,9,11-12,14,18,20-21,23-25,29H2,(H,56,57). The summed E-state index contributed by atoms with van der Waals surface area (Å²) in [7, 11) is 0. The molecule has 292 valence electrons. The molecule has 4 nitrogen and oxygen atoms in total. The minimum atomic E-state index is -0.348. The van der Waals surface area contributed by atoms with Crippen LogP contribution in [0.3, 0.4) is 0 Å². The van der Waals surface area contributed by atoms with Gasteiger partial charge >= 0.3 is 0 Å². The molecule has 1 spiro atoms. The molecule has 58 heavy (non-hydrogen) atoms. The number of aliphatic imine (C=N–C) groups is 1. The fraction of sp³-hybridized carbons (Fsp3) is 0.407. The van der Waals surface area contributed by atoms with E-state index in [0.29, 0.717) is 29.7 Å². The van der Waals surface area contributed by atoms with Crippen molar-refractivity contribution in [1.82, 2.24) is 5.32 Å². The molecule has 8 unspecified atom stereocenters. The lowest BCUT2D eigenvalue weighted by atomic mass is 9.59. The first-order valence-electron chi connectivity index (χ1n) is 22.6. The van der Waals surface area contributed by atoms with Crippen molar-refractivity contribution in [3.8, 4) is 6.07 Å². The van der Waals surface area contributed by atoms with Crippen molar-refractivity contribution < 1.29 is 4.74 Å². The number of allylic oxidation sites excluding steroid dienone is 13. The first-order chi connectivity index (χ1) is 28.7. The number of amidine groups is 1. The number of benzene rings is 2. The lowest BCUT2D eigenvalue weighted by Crippen LogP contribution is -2.53. The molecular formula is C54H55N3O. The molecule has 2 heterocycles. The maximum atomic E-state index is 10.3. The topological polar surface area (TPSA) is 57.4 Å². The molecule has 2 aliphatic heterocycles. The molecule has 7 aliphatic carbocycles. The van der Waals surface area contributed by atoms with E-state index < -0.39 is 0 Å². The summed E-state index contributed by atoms with van der Waals surface area (Å²) >= 11 is 0. The maximum Gasteiger partial charge on any atom is 0.127 e. The predicted octanol–water partition coefficient (Wildman–Crippen LogP) is 12.3. The Morgan fingerprint density at radius 2 is 1.64 bits per heavy atom. The number of nitrogens with zero attached hydrogens (tertiary/aromatic N) is 2. The Kier molecular flexibility index (Phi) is 9.25. The molecule has 1 N–H and O–H groups in total. The van der Waals surface area contributed by atoms with Crippen LogP contribution in [0.5, 0.6) is 0 Å². The van der Waals surface area contributed by atoms with Gasteiger partial charge in [-0.05, 0) is 158 Å². The highest BCUT2D eigenvalue weighted by Crippen LogP contribution is 2.65. The Bertz CT molecular complexity index is 2370. The van der Waals surface area contributed by atoms with Gasteiger partial charge in [0.15, 0.2) is 0 Å². The summed E-state index contributed by atoms with van der Waals surface area (Å²) in [6.07, 6.45) is 42.3. The van der Waals surface area contributed by atoms with Crippen LogP contribution in [0.25, 0.3) is 5.57 Å². The van der Waals surface area contributed by atoms with Crippen LogP contribution in [0.1, 0.15) is 118 Å². The number of hydrogen-bond donors (Lipinski definition) is 1. The molecule has 11 rings (SSSR count). The zero-order chi connectivity index (χ0) is 38.6. The van der Waals surface area contributed by atoms with Gasteiger partial charge < -0.3 is 10.1 Å². The fourth-order valence-corrected chi connectivity index (χ4v) is 12.6. The zero-order valence-corrected chi connectivity index (χ0v) is 33.7. The molecule has 2 aromatic carbocycles. The van der Waals surface area contributed by atoms with Gasteiger partial charge in [-0.2, -0.15) is 5.26 Å². The van der Waals surface area contributed by atoms with Crippen LogP contribution in [0.4, 0.5) is 0 Å². The Morgan fingerprint density at radius 3 is 2.45 bits per heavy atom.